The second-order valence-electron chi connectivity index (χ2n) is 8.68. The fourth-order valence-corrected chi connectivity index (χ4v) is 3.72. The molecule has 0 radical (unpaired) electrons. The largest absolute Gasteiger partial charge is 0.475 e. The molecule has 0 saturated heterocycles. The van der Waals surface area contributed by atoms with E-state index in [1.54, 1.807) is 0 Å². The van der Waals surface area contributed by atoms with Crippen molar-refractivity contribution in [1.29, 1.82) is 0 Å². The highest BCUT2D eigenvalue weighted by atomic mass is 16.7. The zero-order valence-electron chi connectivity index (χ0n) is 19.1. The number of hydrogen-bond donors (Lipinski definition) is 5. The van der Waals surface area contributed by atoms with E-state index in [-0.39, 0.29) is 36.8 Å². The predicted octanol–water partition coefficient (Wildman–Crippen LogP) is 0.0893. The van der Waals surface area contributed by atoms with Gasteiger partial charge in [-0.3, -0.25) is 9.59 Å². The molecule has 0 aliphatic carbocycles. The Balaban J connectivity index is 1.73. The van der Waals surface area contributed by atoms with Crippen LogP contribution in [0.5, 0.6) is 0 Å². The number of aromatic nitrogens is 2. The third-order valence-corrected chi connectivity index (χ3v) is 5.38. The van der Waals surface area contributed by atoms with Crippen molar-refractivity contribution < 1.29 is 24.5 Å². The Morgan fingerprint density at radius 1 is 1.21 bits per heavy atom. The first-order chi connectivity index (χ1) is 16.2. The summed E-state index contributed by atoms with van der Waals surface area (Å²) in [4.78, 5) is 39.2. The van der Waals surface area contributed by atoms with Gasteiger partial charge in [0, 0.05) is 25.2 Å². The van der Waals surface area contributed by atoms with E-state index in [1.807, 2.05) is 44.2 Å². The normalized spacial score (nSPS) is 18.1. The van der Waals surface area contributed by atoms with Crippen LogP contribution in [0.3, 0.4) is 0 Å². The maximum absolute atomic E-state index is 13.4. The molecule has 180 valence electrons. The van der Waals surface area contributed by atoms with E-state index in [9.17, 15) is 19.6 Å². The third-order valence-electron chi connectivity index (χ3n) is 5.38. The SMILES string of the molecule is CC(C)C[C@H](NC(=O)C1(Cc2ccccc2)CC(CNC(=O)c2nccnc2N)=NO1)B(O)O. The van der Waals surface area contributed by atoms with Crippen molar-refractivity contribution in [2.24, 2.45) is 11.1 Å². The van der Waals surface area contributed by atoms with Gasteiger partial charge in [-0.05, 0) is 17.9 Å². The molecule has 34 heavy (non-hydrogen) atoms. The van der Waals surface area contributed by atoms with Crippen LogP contribution in [0.15, 0.2) is 47.9 Å². The van der Waals surface area contributed by atoms with Crippen LogP contribution in [0.1, 0.15) is 42.7 Å². The fourth-order valence-electron chi connectivity index (χ4n) is 3.72. The highest BCUT2D eigenvalue weighted by Crippen LogP contribution is 2.29. The van der Waals surface area contributed by atoms with Crippen molar-refractivity contribution in [3.63, 3.8) is 0 Å². The molecule has 0 bridgehead atoms. The third kappa shape index (κ3) is 6.30. The number of amides is 2. The number of nitrogen functional groups attached to an aromatic ring is 1. The number of benzene rings is 1. The summed E-state index contributed by atoms with van der Waals surface area (Å²) in [5, 5.41) is 28.9. The quantitative estimate of drug-likeness (QED) is 0.305. The Kier molecular flexibility index (Phi) is 8.19. The molecule has 3 rings (SSSR count). The summed E-state index contributed by atoms with van der Waals surface area (Å²) >= 11 is 0. The Bertz CT molecular complexity index is 1040. The highest BCUT2D eigenvalue weighted by molar-refractivity contribution is 6.43. The number of hydrogen-bond acceptors (Lipinski definition) is 9. The van der Waals surface area contributed by atoms with Crippen LogP contribution in [0.4, 0.5) is 5.82 Å². The average molecular weight is 468 g/mol. The molecule has 1 aliphatic heterocycles. The number of rotatable bonds is 10. The van der Waals surface area contributed by atoms with Gasteiger partial charge < -0.3 is 31.3 Å². The maximum Gasteiger partial charge on any atom is 0.475 e. The first kappa shape index (κ1) is 25.1. The van der Waals surface area contributed by atoms with Crippen molar-refractivity contribution in [3.05, 3.63) is 54.0 Å². The van der Waals surface area contributed by atoms with Crippen molar-refractivity contribution in [2.45, 2.75) is 44.7 Å². The molecule has 6 N–H and O–H groups in total. The van der Waals surface area contributed by atoms with E-state index in [4.69, 9.17) is 10.6 Å². The Labute approximate surface area is 198 Å². The minimum atomic E-state index is -1.72. The lowest BCUT2D eigenvalue weighted by atomic mass is 9.74. The van der Waals surface area contributed by atoms with Gasteiger partial charge in [0.25, 0.3) is 11.8 Å². The summed E-state index contributed by atoms with van der Waals surface area (Å²) in [5.41, 5.74) is 5.56. The van der Waals surface area contributed by atoms with Crippen LogP contribution < -0.4 is 16.4 Å². The number of nitrogens with zero attached hydrogens (tertiary/aromatic N) is 3. The van der Waals surface area contributed by atoms with Gasteiger partial charge in [-0.25, -0.2) is 9.97 Å². The van der Waals surface area contributed by atoms with Crippen LogP contribution in [-0.4, -0.2) is 62.7 Å². The lowest BCUT2D eigenvalue weighted by molar-refractivity contribution is -0.144. The molecule has 2 heterocycles. The van der Waals surface area contributed by atoms with Gasteiger partial charge >= 0.3 is 7.12 Å². The molecule has 1 unspecified atom stereocenters. The minimum absolute atomic E-state index is 0.00108. The van der Waals surface area contributed by atoms with Crippen LogP contribution in [0, 0.1) is 5.92 Å². The lowest BCUT2D eigenvalue weighted by Gasteiger charge is -2.29. The fraction of sp³-hybridized carbons (Fsp3) is 0.409. The zero-order chi connectivity index (χ0) is 24.7. The highest BCUT2D eigenvalue weighted by Gasteiger charge is 2.48. The molecule has 0 saturated carbocycles. The smallest absolute Gasteiger partial charge is 0.426 e. The molecule has 2 aromatic rings. The van der Waals surface area contributed by atoms with Crippen LogP contribution in [-0.2, 0) is 16.1 Å². The van der Waals surface area contributed by atoms with Crippen molar-refractivity contribution in [2.75, 3.05) is 12.3 Å². The summed E-state index contributed by atoms with van der Waals surface area (Å²) in [5.74, 6) is -1.79. The van der Waals surface area contributed by atoms with E-state index in [1.165, 1.54) is 12.4 Å². The van der Waals surface area contributed by atoms with E-state index in [2.05, 4.69) is 25.8 Å². The maximum atomic E-state index is 13.4. The molecule has 1 aromatic carbocycles. The van der Waals surface area contributed by atoms with Crippen molar-refractivity contribution in [1.82, 2.24) is 20.6 Å². The Morgan fingerprint density at radius 3 is 2.56 bits per heavy atom. The molecule has 0 spiro atoms. The van der Waals surface area contributed by atoms with Gasteiger partial charge in [0.05, 0.1) is 18.2 Å². The lowest BCUT2D eigenvalue weighted by Crippen LogP contribution is -2.56. The van der Waals surface area contributed by atoms with Gasteiger partial charge in [0.1, 0.15) is 0 Å². The summed E-state index contributed by atoms with van der Waals surface area (Å²) < 4.78 is 0. The summed E-state index contributed by atoms with van der Waals surface area (Å²) in [7, 11) is -1.72. The van der Waals surface area contributed by atoms with Gasteiger partial charge in [0.2, 0.25) is 5.60 Å². The number of carbonyl (C=O) groups is 2. The van der Waals surface area contributed by atoms with E-state index in [0.717, 1.165) is 5.56 Å². The van der Waals surface area contributed by atoms with E-state index in [0.29, 0.717) is 12.1 Å². The van der Waals surface area contributed by atoms with E-state index < -0.39 is 30.5 Å². The number of anilines is 1. The van der Waals surface area contributed by atoms with E-state index >= 15 is 0 Å². The van der Waals surface area contributed by atoms with Crippen LogP contribution >= 0.6 is 0 Å². The van der Waals surface area contributed by atoms with Crippen molar-refractivity contribution >= 4 is 30.5 Å². The Hall–Kier alpha value is -3.51. The van der Waals surface area contributed by atoms with Crippen LogP contribution in [0.2, 0.25) is 0 Å². The van der Waals surface area contributed by atoms with Crippen LogP contribution in [0.25, 0.3) is 0 Å². The van der Waals surface area contributed by atoms with Crippen molar-refractivity contribution in [3.8, 4) is 0 Å². The van der Waals surface area contributed by atoms with Gasteiger partial charge in [-0.1, -0.05) is 49.3 Å². The van der Waals surface area contributed by atoms with Gasteiger partial charge in [-0.15, -0.1) is 0 Å². The number of nitrogens with one attached hydrogen (secondary N) is 2. The van der Waals surface area contributed by atoms with Gasteiger partial charge in [-0.2, -0.15) is 0 Å². The van der Waals surface area contributed by atoms with Gasteiger partial charge in [0.15, 0.2) is 11.5 Å². The molecular formula is C22H29BN6O5. The molecule has 1 aromatic heterocycles. The first-order valence-electron chi connectivity index (χ1n) is 11.0. The molecule has 0 fully saturated rings. The Morgan fingerprint density at radius 2 is 1.91 bits per heavy atom. The monoisotopic (exact) mass is 468 g/mol. The predicted molar refractivity (Wildman–Crippen MR) is 126 cm³/mol. The second-order valence-corrected chi connectivity index (χ2v) is 8.68. The summed E-state index contributed by atoms with van der Waals surface area (Å²) in [6.07, 6.45) is 3.41. The molecular weight excluding hydrogens is 439 g/mol. The molecule has 12 heteroatoms. The zero-order valence-corrected chi connectivity index (χ0v) is 19.1. The average Bonchev–Trinajstić information content (AvgIpc) is 3.21. The first-order valence-corrected chi connectivity index (χ1v) is 11.0. The molecule has 11 nitrogen and oxygen atoms in total. The summed E-state index contributed by atoms with van der Waals surface area (Å²) in [6, 6.07) is 9.29. The summed E-state index contributed by atoms with van der Waals surface area (Å²) in [6.45, 7) is 3.85. The number of carbonyl (C=O) groups excluding carboxylic acids is 2. The molecule has 2 amide bonds. The second kappa shape index (κ2) is 11.1. The number of oxime groups is 1. The standard InChI is InChI=1S/C22H29BN6O5/c1-14(2)10-17(23(32)33)28-21(31)22(11-15-6-4-3-5-7-15)12-16(29-34-22)13-27-20(30)18-19(24)26-9-8-25-18/h3-9,14,17,32-33H,10-13H2,1-2H3,(H2,24,26)(H,27,30)(H,28,31)/t17-,22?/m0/s1. The number of nitrogens with two attached hydrogens (primary N) is 1. The molecule has 2 atom stereocenters. The topological polar surface area (TPSA) is 172 Å². The molecule has 1 aliphatic rings. The minimum Gasteiger partial charge on any atom is -0.426 e.